The Kier molecular flexibility index (Phi) is 8.61. The zero-order valence-corrected chi connectivity index (χ0v) is 15.9. The number of amides is 1. The molecule has 9 heteroatoms. The highest BCUT2D eigenvalue weighted by atomic mass is 35.5. The van der Waals surface area contributed by atoms with Crippen LogP contribution < -0.4 is 20.6 Å². The summed E-state index contributed by atoms with van der Waals surface area (Å²) in [6.07, 6.45) is 0.644. The van der Waals surface area contributed by atoms with Gasteiger partial charge in [0.25, 0.3) is 0 Å². The van der Waals surface area contributed by atoms with Crippen LogP contribution in [-0.2, 0) is 14.3 Å². The molecule has 1 saturated heterocycles. The number of halogens is 2. The van der Waals surface area contributed by atoms with Gasteiger partial charge in [-0.1, -0.05) is 29.3 Å². The number of ether oxygens (including phenoxy) is 1. The van der Waals surface area contributed by atoms with E-state index in [2.05, 4.69) is 5.32 Å². The van der Waals surface area contributed by atoms with Crippen LogP contribution in [-0.4, -0.2) is 57.3 Å². The number of hydrogen-bond acceptors (Lipinski definition) is 4. The molecule has 0 saturated carbocycles. The summed E-state index contributed by atoms with van der Waals surface area (Å²) in [5.74, 6) is -1.73. The van der Waals surface area contributed by atoms with Crippen LogP contribution in [0.4, 0.5) is 5.69 Å². The van der Waals surface area contributed by atoms with Crippen LogP contribution in [0.2, 0.25) is 10.0 Å². The zero-order valence-electron chi connectivity index (χ0n) is 14.4. The first kappa shape index (κ1) is 20.9. The van der Waals surface area contributed by atoms with Gasteiger partial charge >= 0.3 is 0 Å². The van der Waals surface area contributed by atoms with E-state index in [4.69, 9.17) is 27.9 Å². The van der Waals surface area contributed by atoms with Crippen LogP contribution in [0.3, 0.4) is 0 Å². The van der Waals surface area contributed by atoms with E-state index in [1.165, 1.54) is 4.90 Å². The predicted molar refractivity (Wildman–Crippen MR) is 96.3 cm³/mol. The van der Waals surface area contributed by atoms with Crippen LogP contribution in [0.1, 0.15) is 12.8 Å². The van der Waals surface area contributed by atoms with E-state index in [9.17, 15) is 14.7 Å². The zero-order chi connectivity index (χ0) is 18.9. The maximum absolute atomic E-state index is 12.2. The average Bonchev–Trinajstić information content (AvgIpc) is 2.61. The number of morpholine rings is 1. The molecule has 0 bridgehead atoms. The van der Waals surface area contributed by atoms with E-state index >= 15 is 0 Å². The molecule has 1 aromatic carbocycles. The molecule has 4 N–H and O–H groups in total. The first-order chi connectivity index (χ1) is 12.5. The van der Waals surface area contributed by atoms with Crippen molar-refractivity contribution in [1.29, 1.82) is 0 Å². The second-order valence-electron chi connectivity index (χ2n) is 6.26. The molecule has 0 unspecified atom stereocenters. The molecule has 1 atom stereocenters. The second-order valence-corrected chi connectivity index (χ2v) is 7.08. The highest BCUT2D eigenvalue weighted by Crippen LogP contribution is 2.29. The average molecular weight is 405 g/mol. The number of anilines is 1. The number of aliphatic carboxylic acids is 1. The first-order valence-electron chi connectivity index (χ1n) is 8.66. The van der Waals surface area contributed by atoms with Gasteiger partial charge in [0.2, 0.25) is 5.91 Å². The largest absolute Gasteiger partial charge is 0.544 e. The molecule has 0 spiro atoms. The fraction of sp³-hybridized carbons (Fsp3) is 0.529. The number of nitrogens with one attached hydrogen (secondary N) is 2. The lowest BCUT2D eigenvalue weighted by Crippen LogP contribution is -3.14. The van der Waals surface area contributed by atoms with Gasteiger partial charge in [0.05, 0.1) is 54.4 Å². The van der Waals surface area contributed by atoms with Gasteiger partial charge in [-0.3, -0.25) is 4.79 Å². The van der Waals surface area contributed by atoms with Gasteiger partial charge < -0.3 is 30.2 Å². The van der Waals surface area contributed by atoms with Crippen molar-refractivity contribution in [2.24, 2.45) is 0 Å². The minimum atomic E-state index is -1.26. The second kappa shape index (κ2) is 10.7. The smallest absolute Gasteiger partial charge is 0.230 e. The fourth-order valence-electron chi connectivity index (χ4n) is 2.85. The monoisotopic (exact) mass is 404 g/mol. The molecule has 0 aliphatic carbocycles. The van der Waals surface area contributed by atoms with Crippen LogP contribution in [0, 0.1) is 0 Å². The summed E-state index contributed by atoms with van der Waals surface area (Å²) in [5.41, 5.74) is 0.286. The Morgan fingerprint density at radius 2 is 1.92 bits per heavy atom. The van der Waals surface area contributed by atoms with E-state index in [0.717, 1.165) is 39.3 Å². The van der Waals surface area contributed by atoms with Crippen molar-refractivity contribution in [2.75, 3.05) is 44.7 Å². The molecular formula is C17H24Cl2N3O4+. The molecule has 1 heterocycles. The highest BCUT2D eigenvalue weighted by Gasteiger charge is 2.20. The summed E-state index contributed by atoms with van der Waals surface area (Å²) >= 11 is 12.0. The van der Waals surface area contributed by atoms with Gasteiger partial charge in [-0.2, -0.15) is 0 Å². The van der Waals surface area contributed by atoms with Gasteiger partial charge in [-0.25, -0.2) is 0 Å². The molecule has 0 radical (unpaired) electrons. The molecule has 1 fully saturated rings. The third-order valence-electron chi connectivity index (χ3n) is 4.32. The van der Waals surface area contributed by atoms with Crippen molar-refractivity contribution in [1.82, 2.24) is 0 Å². The molecule has 2 rings (SSSR count). The first-order valence-corrected chi connectivity index (χ1v) is 9.42. The van der Waals surface area contributed by atoms with Crippen LogP contribution in [0.25, 0.3) is 0 Å². The number of benzene rings is 1. The Balaban J connectivity index is 1.77. The number of rotatable bonds is 9. The number of para-hydroxylation sites is 1. The Morgan fingerprint density at radius 3 is 2.54 bits per heavy atom. The molecule has 26 heavy (non-hydrogen) atoms. The van der Waals surface area contributed by atoms with Crippen molar-refractivity contribution in [3.63, 3.8) is 0 Å². The summed E-state index contributed by atoms with van der Waals surface area (Å²) in [4.78, 5) is 24.9. The maximum Gasteiger partial charge on any atom is 0.230 e. The number of hydrogen-bond donors (Lipinski definition) is 3. The summed E-state index contributed by atoms with van der Waals surface area (Å²) in [7, 11) is 0. The van der Waals surface area contributed by atoms with Crippen molar-refractivity contribution in [3.05, 3.63) is 28.2 Å². The number of quaternary nitrogens is 2. The lowest BCUT2D eigenvalue weighted by Gasteiger charge is -2.23. The topological polar surface area (TPSA) is 99.5 Å². The SMILES string of the molecule is O=C(C[C@H]([NH2+]CCC[NH+]1CCOCC1)C(=O)[O-])Nc1c(Cl)cccc1Cl. The van der Waals surface area contributed by atoms with Gasteiger partial charge in [0, 0.05) is 6.42 Å². The lowest BCUT2D eigenvalue weighted by atomic mass is 10.2. The Hall–Kier alpha value is -1.38. The number of carbonyl (C=O) groups excluding carboxylic acids is 2. The molecule has 1 amide bonds. The van der Waals surface area contributed by atoms with Crippen molar-refractivity contribution in [2.45, 2.75) is 18.9 Å². The molecule has 1 aromatic rings. The van der Waals surface area contributed by atoms with Crippen LogP contribution >= 0.6 is 23.2 Å². The van der Waals surface area contributed by atoms with Crippen molar-refractivity contribution >= 4 is 40.8 Å². The summed E-state index contributed by atoms with van der Waals surface area (Å²) < 4.78 is 5.31. The summed E-state index contributed by atoms with van der Waals surface area (Å²) in [6, 6.07) is 3.91. The minimum Gasteiger partial charge on any atom is -0.544 e. The van der Waals surface area contributed by atoms with Gasteiger partial charge in [0.15, 0.2) is 0 Å². The maximum atomic E-state index is 12.2. The number of carbonyl (C=O) groups is 2. The predicted octanol–water partition coefficient (Wildman–Crippen LogP) is -1.69. The molecule has 1 aliphatic rings. The van der Waals surface area contributed by atoms with E-state index < -0.39 is 17.9 Å². The van der Waals surface area contributed by atoms with Crippen LogP contribution in [0.15, 0.2) is 18.2 Å². The van der Waals surface area contributed by atoms with Crippen LogP contribution in [0.5, 0.6) is 0 Å². The number of nitrogens with two attached hydrogens (primary N) is 1. The quantitative estimate of drug-likeness (QED) is 0.427. The van der Waals surface area contributed by atoms with E-state index in [0.29, 0.717) is 16.6 Å². The van der Waals surface area contributed by atoms with Crippen molar-refractivity contribution in [3.8, 4) is 0 Å². The van der Waals surface area contributed by atoms with Gasteiger partial charge in [-0.05, 0) is 12.1 Å². The molecule has 1 aliphatic heterocycles. The lowest BCUT2D eigenvalue weighted by molar-refractivity contribution is -0.909. The molecular weight excluding hydrogens is 381 g/mol. The number of carboxylic acids is 1. The molecule has 0 aromatic heterocycles. The fourth-order valence-corrected chi connectivity index (χ4v) is 3.34. The summed E-state index contributed by atoms with van der Waals surface area (Å²) in [5, 5.41) is 16.1. The molecule has 7 nitrogen and oxygen atoms in total. The summed E-state index contributed by atoms with van der Waals surface area (Å²) in [6.45, 7) is 5.07. The normalized spacial score (nSPS) is 16.2. The van der Waals surface area contributed by atoms with Gasteiger partial charge in [-0.15, -0.1) is 0 Å². The Labute approximate surface area is 162 Å². The van der Waals surface area contributed by atoms with Gasteiger partial charge in [0.1, 0.15) is 19.1 Å². The van der Waals surface area contributed by atoms with E-state index in [1.807, 2.05) is 0 Å². The number of carboxylic acid groups (broad SMARTS) is 1. The Bertz CT molecular complexity index is 604. The van der Waals surface area contributed by atoms with Crippen molar-refractivity contribution < 1.29 is 29.6 Å². The Morgan fingerprint density at radius 1 is 1.27 bits per heavy atom. The minimum absolute atomic E-state index is 0.214. The standard InChI is InChI=1S/C17H23Cl2N3O4/c18-12-3-1-4-13(19)16(12)21-15(23)11-14(17(24)25)20-5-2-6-22-7-9-26-10-8-22/h1,3-4,14,20H,2,5-11H2,(H,21,23)(H,24,25)/p+1/t14-/m0/s1. The van der Waals surface area contributed by atoms with E-state index in [1.54, 1.807) is 23.5 Å². The van der Waals surface area contributed by atoms with E-state index in [-0.39, 0.29) is 12.1 Å². The third-order valence-corrected chi connectivity index (χ3v) is 4.95. The molecule has 144 valence electrons. The third kappa shape index (κ3) is 6.74. The highest BCUT2D eigenvalue weighted by molar-refractivity contribution is 6.39.